The second-order valence-corrected chi connectivity index (χ2v) is 3.34. The summed E-state index contributed by atoms with van der Waals surface area (Å²) in [7, 11) is 0. The SMILES string of the molecule is Nc1ccc(C=CC(=O)c2ccco2)cc1. The summed E-state index contributed by atoms with van der Waals surface area (Å²) in [6, 6.07) is 10.6. The van der Waals surface area contributed by atoms with Gasteiger partial charge in [-0.05, 0) is 35.9 Å². The molecule has 0 fully saturated rings. The first-order valence-corrected chi connectivity index (χ1v) is 4.87. The molecule has 0 radical (unpaired) electrons. The van der Waals surface area contributed by atoms with Crippen LogP contribution in [0.2, 0.25) is 0 Å². The Morgan fingerprint density at radius 3 is 2.56 bits per heavy atom. The fourth-order valence-corrected chi connectivity index (χ4v) is 1.28. The minimum absolute atomic E-state index is 0.151. The number of benzene rings is 1. The highest BCUT2D eigenvalue weighted by molar-refractivity contribution is 6.04. The summed E-state index contributed by atoms with van der Waals surface area (Å²) >= 11 is 0. The molecule has 1 aromatic carbocycles. The van der Waals surface area contributed by atoms with Crippen LogP contribution in [0, 0.1) is 0 Å². The van der Waals surface area contributed by atoms with Gasteiger partial charge in [-0.25, -0.2) is 0 Å². The van der Waals surface area contributed by atoms with E-state index in [1.165, 1.54) is 12.3 Å². The van der Waals surface area contributed by atoms with Crippen LogP contribution in [0.25, 0.3) is 6.08 Å². The quantitative estimate of drug-likeness (QED) is 0.484. The van der Waals surface area contributed by atoms with Crippen molar-refractivity contribution in [2.24, 2.45) is 0 Å². The molecule has 0 saturated heterocycles. The summed E-state index contributed by atoms with van der Waals surface area (Å²) in [4.78, 5) is 11.5. The number of rotatable bonds is 3. The van der Waals surface area contributed by atoms with Gasteiger partial charge in [-0.15, -0.1) is 0 Å². The fraction of sp³-hybridized carbons (Fsp3) is 0. The molecule has 3 heteroatoms. The predicted molar refractivity (Wildman–Crippen MR) is 62.9 cm³/mol. The maximum Gasteiger partial charge on any atom is 0.221 e. The first-order chi connectivity index (χ1) is 7.75. The third-order valence-electron chi connectivity index (χ3n) is 2.13. The summed E-state index contributed by atoms with van der Waals surface area (Å²) < 4.78 is 4.98. The maximum atomic E-state index is 11.5. The van der Waals surface area contributed by atoms with Crippen LogP contribution in [-0.4, -0.2) is 5.78 Å². The van der Waals surface area contributed by atoms with E-state index in [1.54, 1.807) is 30.3 Å². The molecular formula is C13H11NO2. The lowest BCUT2D eigenvalue weighted by molar-refractivity contribution is 0.102. The van der Waals surface area contributed by atoms with E-state index in [4.69, 9.17) is 10.2 Å². The lowest BCUT2D eigenvalue weighted by Crippen LogP contribution is -1.90. The van der Waals surface area contributed by atoms with E-state index in [9.17, 15) is 4.79 Å². The summed E-state index contributed by atoms with van der Waals surface area (Å²) in [5.41, 5.74) is 7.18. The highest BCUT2D eigenvalue weighted by Gasteiger charge is 2.02. The number of carbonyl (C=O) groups excluding carboxylic acids is 1. The molecule has 0 unspecified atom stereocenters. The van der Waals surface area contributed by atoms with Crippen molar-refractivity contribution in [2.45, 2.75) is 0 Å². The Morgan fingerprint density at radius 1 is 1.19 bits per heavy atom. The van der Waals surface area contributed by atoms with Crippen LogP contribution in [0.4, 0.5) is 5.69 Å². The van der Waals surface area contributed by atoms with Crippen molar-refractivity contribution in [3.05, 3.63) is 60.1 Å². The zero-order valence-corrected chi connectivity index (χ0v) is 8.59. The number of nitrogens with two attached hydrogens (primary N) is 1. The van der Waals surface area contributed by atoms with Crippen LogP contribution in [0.15, 0.2) is 53.2 Å². The van der Waals surface area contributed by atoms with Gasteiger partial charge in [0.05, 0.1) is 6.26 Å². The number of ketones is 1. The molecule has 0 amide bonds. The number of hydrogen-bond donors (Lipinski definition) is 1. The number of carbonyl (C=O) groups is 1. The van der Waals surface area contributed by atoms with Gasteiger partial charge in [0.2, 0.25) is 5.78 Å². The Balaban J connectivity index is 2.10. The molecule has 0 spiro atoms. The van der Waals surface area contributed by atoms with E-state index in [0.29, 0.717) is 11.4 Å². The largest absolute Gasteiger partial charge is 0.461 e. The van der Waals surface area contributed by atoms with Gasteiger partial charge in [-0.2, -0.15) is 0 Å². The first kappa shape index (κ1) is 10.2. The van der Waals surface area contributed by atoms with Crippen LogP contribution < -0.4 is 5.73 Å². The molecule has 16 heavy (non-hydrogen) atoms. The van der Waals surface area contributed by atoms with E-state index in [-0.39, 0.29) is 5.78 Å². The number of anilines is 1. The summed E-state index contributed by atoms with van der Waals surface area (Å²) in [5, 5.41) is 0. The molecule has 0 aliphatic carbocycles. The van der Waals surface area contributed by atoms with Gasteiger partial charge in [0.1, 0.15) is 0 Å². The van der Waals surface area contributed by atoms with Gasteiger partial charge in [0.15, 0.2) is 5.76 Å². The molecule has 80 valence electrons. The van der Waals surface area contributed by atoms with Gasteiger partial charge in [-0.3, -0.25) is 4.79 Å². The van der Waals surface area contributed by atoms with Crippen molar-refractivity contribution in [3.8, 4) is 0 Å². The Morgan fingerprint density at radius 2 is 1.94 bits per heavy atom. The Labute approximate surface area is 93.2 Å². The second-order valence-electron chi connectivity index (χ2n) is 3.34. The van der Waals surface area contributed by atoms with Crippen molar-refractivity contribution in [1.29, 1.82) is 0 Å². The molecule has 1 aromatic heterocycles. The molecule has 0 aliphatic rings. The second kappa shape index (κ2) is 4.49. The molecule has 2 N–H and O–H groups in total. The summed E-state index contributed by atoms with van der Waals surface area (Å²) in [6.07, 6.45) is 4.68. The molecule has 2 aromatic rings. The van der Waals surface area contributed by atoms with Crippen molar-refractivity contribution in [3.63, 3.8) is 0 Å². The minimum Gasteiger partial charge on any atom is -0.461 e. The molecule has 1 heterocycles. The summed E-state index contributed by atoms with van der Waals surface area (Å²) in [6.45, 7) is 0. The summed E-state index contributed by atoms with van der Waals surface area (Å²) in [5.74, 6) is 0.188. The zero-order valence-electron chi connectivity index (χ0n) is 8.59. The molecule has 2 rings (SSSR count). The Hall–Kier alpha value is -2.29. The standard InChI is InChI=1S/C13H11NO2/c14-11-6-3-10(4-7-11)5-8-12(15)13-2-1-9-16-13/h1-9H,14H2. The van der Waals surface area contributed by atoms with Crippen LogP contribution in [0.1, 0.15) is 16.1 Å². The van der Waals surface area contributed by atoms with Crippen molar-refractivity contribution in [1.82, 2.24) is 0 Å². The van der Waals surface area contributed by atoms with Crippen LogP contribution in [0.3, 0.4) is 0 Å². The first-order valence-electron chi connectivity index (χ1n) is 4.87. The molecule has 0 bridgehead atoms. The third-order valence-corrected chi connectivity index (χ3v) is 2.13. The van der Waals surface area contributed by atoms with E-state index < -0.39 is 0 Å². The number of allylic oxidation sites excluding steroid dienone is 1. The topological polar surface area (TPSA) is 56.2 Å². The molecular weight excluding hydrogens is 202 g/mol. The average Bonchev–Trinajstić information content (AvgIpc) is 2.81. The van der Waals surface area contributed by atoms with Crippen LogP contribution in [-0.2, 0) is 0 Å². The van der Waals surface area contributed by atoms with E-state index in [0.717, 1.165) is 5.56 Å². The highest BCUT2D eigenvalue weighted by Crippen LogP contribution is 2.08. The number of hydrogen-bond acceptors (Lipinski definition) is 3. The molecule has 0 aliphatic heterocycles. The number of nitrogen functional groups attached to an aromatic ring is 1. The monoisotopic (exact) mass is 213 g/mol. The third kappa shape index (κ3) is 2.39. The smallest absolute Gasteiger partial charge is 0.221 e. The predicted octanol–water partition coefficient (Wildman–Crippen LogP) is 2.76. The number of furan rings is 1. The maximum absolute atomic E-state index is 11.5. The van der Waals surface area contributed by atoms with Gasteiger partial charge < -0.3 is 10.2 Å². The fourth-order valence-electron chi connectivity index (χ4n) is 1.28. The van der Waals surface area contributed by atoms with Gasteiger partial charge >= 0.3 is 0 Å². The normalized spacial score (nSPS) is 10.8. The molecule has 0 saturated carbocycles. The van der Waals surface area contributed by atoms with Gasteiger partial charge in [0.25, 0.3) is 0 Å². The van der Waals surface area contributed by atoms with Gasteiger partial charge in [-0.1, -0.05) is 18.2 Å². The molecule has 0 atom stereocenters. The van der Waals surface area contributed by atoms with Gasteiger partial charge in [0, 0.05) is 5.69 Å². The highest BCUT2D eigenvalue weighted by atomic mass is 16.3. The Bertz CT molecular complexity index is 495. The van der Waals surface area contributed by atoms with Crippen molar-refractivity contribution in [2.75, 3.05) is 5.73 Å². The molecule has 3 nitrogen and oxygen atoms in total. The lowest BCUT2D eigenvalue weighted by atomic mass is 10.1. The van der Waals surface area contributed by atoms with E-state index in [1.807, 2.05) is 12.1 Å². The zero-order chi connectivity index (χ0) is 11.4. The lowest BCUT2D eigenvalue weighted by Gasteiger charge is -1.94. The van der Waals surface area contributed by atoms with E-state index >= 15 is 0 Å². The Kier molecular flexibility index (Phi) is 2.87. The van der Waals surface area contributed by atoms with Crippen molar-refractivity contribution < 1.29 is 9.21 Å². The minimum atomic E-state index is -0.151. The average molecular weight is 213 g/mol. The van der Waals surface area contributed by atoms with E-state index in [2.05, 4.69) is 0 Å². The van der Waals surface area contributed by atoms with Crippen LogP contribution in [0.5, 0.6) is 0 Å². The van der Waals surface area contributed by atoms with Crippen molar-refractivity contribution >= 4 is 17.5 Å². The van der Waals surface area contributed by atoms with Crippen LogP contribution >= 0.6 is 0 Å².